The van der Waals surface area contributed by atoms with E-state index in [2.05, 4.69) is 0 Å². The molecule has 1 aliphatic rings. The highest BCUT2D eigenvalue weighted by molar-refractivity contribution is 7.89. The number of benzene rings is 3. The predicted octanol–water partition coefficient (Wildman–Crippen LogP) is 4.77. The lowest BCUT2D eigenvalue weighted by Crippen LogP contribution is -2.28. The van der Waals surface area contributed by atoms with E-state index in [-0.39, 0.29) is 21.6 Å². The van der Waals surface area contributed by atoms with E-state index in [4.69, 9.17) is 9.15 Å². The standard InChI is InChI=1S/C27H23NO6S/c1-18-25(19-8-3-2-4-9-19)26(29)23-13-12-21(17-24(23)33-18)34-27(30)20-10-7-11-22(16-20)35(31,32)28-14-5-6-15-28/h2-4,7-13,16-17H,5-6,14-15H2,1H3. The van der Waals surface area contributed by atoms with Crippen molar-refractivity contribution >= 4 is 27.0 Å². The highest BCUT2D eigenvalue weighted by Crippen LogP contribution is 2.27. The van der Waals surface area contributed by atoms with E-state index in [1.165, 1.54) is 40.7 Å². The number of carbonyl (C=O) groups is 1. The van der Waals surface area contributed by atoms with Crippen LogP contribution in [-0.2, 0) is 10.0 Å². The zero-order chi connectivity index (χ0) is 24.6. The summed E-state index contributed by atoms with van der Waals surface area (Å²) in [5.74, 6) is -0.0647. The third-order valence-corrected chi connectivity index (χ3v) is 7.98. The van der Waals surface area contributed by atoms with Crippen molar-refractivity contribution in [3.05, 3.63) is 94.3 Å². The van der Waals surface area contributed by atoms with E-state index < -0.39 is 16.0 Å². The van der Waals surface area contributed by atoms with Gasteiger partial charge in [0.05, 0.1) is 21.4 Å². The number of fused-ring (bicyclic) bond motifs is 1. The average Bonchev–Trinajstić information content (AvgIpc) is 3.41. The second-order valence-corrected chi connectivity index (χ2v) is 10.4. The molecule has 0 saturated carbocycles. The minimum Gasteiger partial charge on any atom is -0.460 e. The number of ether oxygens (including phenoxy) is 1. The molecule has 7 nitrogen and oxygen atoms in total. The van der Waals surface area contributed by atoms with Crippen molar-refractivity contribution in [2.75, 3.05) is 13.1 Å². The number of sulfonamides is 1. The van der Waals surface area contributed by atoms with E-state index >= 15 is 0 Å². The highest BCUT2D eigenvalue weighted by Gasteiger charge is 2.28. The van der Waals surface area contributed by atoms with Crippen LogP contribution in [0.5, 0.6) is 5.75 Å². The fourth-order valence-corrected chi connectivity index (χ4v) is 5.88. The number of hydrogen-bond acceptors (Lipinski definition) is 6. The third-order valence-electron chi connectivity index (χ3n) is 6.09. The molecule has 4 aromatic rings. The van der Waals surface area contributed by atoms with Gasteiger partial charge in [-0.25, -0.2) is 13.2 Å². The van der Waals surface area contributed by atoms with Crippen molar-refractivity contribution < 1.29 is 22.4 Å². The van der Waals surface area contributed by atoms with Crippen LogP contribution in [-0.4, -0.2) is 31.8 Å². The van der Waals surface area contributed by atoms with Crippen molar-refractivity contribution in [1.82, 2.24) is 4.31 Å². The van der Waals surface area contributed by atoms with Crippen LogP contribution in [0.2, 0.25) is 0 Å². The van der Waals surface area contributed by atoms with E-state index in [0.29, 0.717) is 35.4 Å². The van der Waals surface area contributed by atoms with Gasteiger partial charge in [0.2, 0.25) is 15.5 Å². The van der Waals surface area contributed by atoms with Gasteiger partial charge in [-0.05, 0) is 55.7 Å². The van der Waals surface area contributed by atoms with Gasteiger partial charge in [0, 0.05) is 19.2 Å². The molecule has 2 heterocycles. The van der Waals surface area contributed by atoms with Crippen molar-refractivity contribution in [3.63, 3.8) is 0 Å². The van der Waals surface area contributed by atoms with Gasteiger partial charge in [0.1, 0.15) is 17.1 Å². The summed E-state index contributed by atoms with van der Waals surface area (Å²) in [7, 11) is -3.66. The first kappa shape index (κ1) is 23.0. The molecule has 0 spiro atoms. The molecule has 1 fully saturated rings. The zero-order valence-electron chi connectivity index (χ0n) is 19.1. The van der Waals surface area contributed by atoms with Gasteiger partial charge in [0.25, 0.3) is 0 Å². The number of rotatable bonds is 5. The molecule has 0 bridgehead atoms. The molecule has 1 saturated heterocycles. The summed E-state index contributed by atoms with van der Waals surface area (Å²) in [6.07, 6.45) is 1.65. The third kappa shape index (κ3) is 4.38. The Kier molecular flexibility index (Phi) is 6.00. The van der Waals surface area contributed by atoms with Crippen LogP contribution in [0.15, 0.2) is 86.9 Å². The van der Waals surface area contributed by atoms with Gasteiger partial charge in [-0.3, -0.25) is 4.79 Å². The molecule has 35 heavy (non-hydrogen) atoms. The smallest absolute Gasteiger partial charge is 0.343 e. The topological polar surface area (TPSA) is 93.9 Å². The van der Waals surface area contributed by atoms with Crippen LogP contribution < -0.4 is 10.2 Å². The molecular formula is C27H23NO6S. The SMILES string of the molecule is Cc1oc2cc(OC(=O)c3cccc(S(=O)(=O)N4CCCC4)c3)ccc2c(=O)c1-c1ccccc1. The lowest BCUT2D eigenvalue weighted by Gasteiger charge is -2.15. The van der Waals surface area contributed by atoms with Gasteiger partial charge in [-0.2, -0.15) is 4.31 Å². The van der Waals surface area contributed by atoms with Gasteiger partial charge in [0.15, 0.2) is 0 Å². The maximum Gasteiger partial charge on any atom is 0.343 e. The molecule has 5 rings (SSSR count). The Bertz CT molecular complexity index is 1590. The van der Waals surface area contributed by atoms with Crippen LogP contribution in [0, 0.1) is 6.92 Å². The van der Waals surface area contributed by atoms with E-state index in [1.54, 1.807) is 13.0 Å². The molecule has 1 aliphatic heterocycles. The normalized spacial score (nSPS) is 14.3. The first-order chi connectivity index (χ1) is 16.8. The fraction of sp³-hybridized carbons (Fsp3) is 0.185. The number of esters is 1. The maximum absolute atomic E-state index is 13.1. The molecule has 0 aliphatic carbocycles. The largest absolute Gasteiger partial charge is 0.460 e. The van der Waals surface area contributed by atoms with Crippen LogP contribution in [0.1, 0.15) is 29.0 Å². The Hall–Kier alpha value is -3.75. The second kappa shape index (κ2) is 9.13. The molecule has 8 heteroatoms. The molecule has 0 atom stereocenters. The van der Waals surface area contributed by atoms with E-state index in [0.717, 1.165) is 18.4 Å². The van der Waals surface area contributed by atoms with Crippen molar-refractivity contribution in [1.29, 1.82) is 0 Å². The monoisotopic (exact) mass is 489 g/mol. The van der Waals surface area contributed by atoms with Crippen molar-refractivity contribution in [2.45, 2.75) is 24.7 Å². The molecule has 1 aromatic heterocycles. The number of nitrogens with zero attached hydrogens (tertiary/aromatic N) is 1. The summed E-state index contributed by atoms with van der Waals surface area (Å²) in [4.78, 5) is 26.0. The highest BCUT2D eigenvalue weighted by atomic mass is 32.2. The van der Waals surface area contributed by atoms with Crippen LogP contribution in [0.4, 0.5) is 0 Å². The summed E-state index contributed by atoms with van der Waals surface area (Å²) in [5.41, 5.74) is 1.48. The quantitative estimate of drug-likeness (QED) is 0.296. The number of hydrogen-bond donors (Lipinski definition) is 0. The van der Waals surface area contributed by atoms with Crippen LogP contribution in [0.25, 0.3) is 22.1 Å². The average molecular weight is 490 g/mol. The van der Waals surface area contributed by atoms with Crippen molar-refractivity contribution in [2.24, 2.45) is 0 Å². The Morgan fingerprint density at radius 2 is 1.69 bits per heavy atom. The summed E-state index contributed by atoms with van der Waals surface area (Å²) >= 11 is 0. The first-order valence-electron chi connectivity index (χ1n) is 11.3. The first-order valence-corrected chi connectivity index (χ1v) is 12.7. The van der Waals surface area contributed by atoms with E-state index in [1.807, 2.05) is 30.3 Å². The number of carbonyl (C=O) groups excluding carboxylic acids is 1. The zero-order valence-corrected chi connectivity index (χ0v) is 19.9. The molecule has 0 amide bonds. The summed E-state index contributed by atoms with van der Waals surface area (Å²) in [6, 6.07) is 19.7. The molecular weight excluding hydrogens is 466 g/mol. The lowest BCUT2D eigenvalue weighted by molar-refractivity contribution is 0.0734. The van der Waals surface area contributed by atoms with Gasteiger partial charge < -0.3 is 9.15 Å². The van der Waals surface area contributed by atoms with Crippen LogP contribution in [0.3, 0.4) is 0 Å². The Morgan fingerprint density at radius 3 is 2.43 bits per heavy atom. The molecule has 0 N–H and O–H groups in total. The lowest BCUT2D eigenvalue weighted by atomic mass is 10.0. The number of aryl methyl sites for hydroxylation is 1. The van der Waals surface area contributed by atoms with Gasteiger partial charge >= 0.3 is 5.97 Å². The minimum atomic E-state index is -3.66. The van der Waals surface area contributed by atoms with Crippen molar-refractivity contribution in [3.8, 4) is 16.9 Å². The maximum atomic E-state index is 13.1. The van der Waals surface area contributed by atoms with Crippen LogP contribution >= 0.6 is 0 Å². The predicted molar refractivity (Wildman–Crippen MR) is 132 cm³/mol. The fourth-order valence-electron chi connectivity index (χ4n) is 4.31. The minimum absolute atomic E-state index is 0.0578. The Labute approximate surface area is 202 Å². The second-order valence-electron chi connectivity index (χ2n) is 8.41. The molecule has 3 aromatic carbocycles. The van der Waals surface area contributed by atoms with Gasteiger partial charge in [-0.15, -0.1) is 0 Å². The summed E-state index contributed by atoms with van der Waals surface area (Å²) in [5, 5.41) is 0.368. The molecule has 178 valence electrons. The Morgan fingerprint density at radius 1 is 0.943 bits per heavy atom. The Balaban J connectivity index is 1.43. The summed E-state index contributed by atoms with van der Waals surface area (Å²) in [6.45, 7) is 2.67. The molecule has 0 radical (unpaired) electrons. The summed E-state index contributed by atoms with van der Waals surface area (Å²) < 4.78 is 38.5. The van der Waals surface area contributed by atoms with Gasteiger partial charge in [-0.1, -0.05) is 36.4 Å². The molecule has 0 unspecified atom stereocenters. The van der Waals surface area contributed by atoms with E-state index in [9.17, 15) is 18.0 Å².